The molecule has 2 fully saturated rings. The lowest BCUT2D eigenvalue weighted by atomic mass is 10.2. The van der Waals surface area contributed by atoms with E-state index in [0.717, 1.165) is 38.2 Å². The molecular formula is C13H18N4O2. The van der Waals surface area contributed by atoms with Gasteiger partial charge in [-0.3, -0.25) is 4.79 Å². The SMILES string of the molecule is O=C1OCC[C@@H]1NC[C@H]1CCCN1c1cccnn1. The van der Waals surface area contributed by atoms with Crippen LogP contribution in [0.4, 0.5) is 5.82 Å². The summed E-state index contributed by atoms with van der Waals surface area (Å²) in [7, 11) is 0. The summed E-state index contributed by atoms with van der Waals surface area (Å²) in [6.45, 7) is 2.32. The molecule has 2 atom stereocenters. The first-order valence-electron chi connectivity index (χ1n) is 6.79. The lowest BCUT2D eigenvalue weighted by Gasteiger charge is -2.26. The van der Waals surface area contributed by atoms with E-state index in [1.807, 2.05) is 12.1 Å². The van der Waals surface area contributed by atoms with Crippen molar-refractivity contribution in [3.8, 4) is 0 Å². The van der Waals surface area contributed by atoms with Gasteiger partial charge in [-0.05, 0) is 25.0 Å². The molecule has 2 aliphatic heterocycles. The molecule has 3 heterocycles. The van der Waals surface area contributed by atoms with E-state index >= 15 is 0 Å². The highest BCUT2D eigenvalue weighted by Crippen LogP contribution is 2.22. The van der Waals surface area contributed by atoms with Gasteiger partial charge in [0.05, 0.1) is 6.61 Å². The first-order chi connectivity index (χ1) is 9.34. The normalized spacial score (nSPS) is 26.7. The van der Waals surface area contributed by atoms with Crippen LogP contribution in [0.2, 0.25) is 0 Å². The molecule has 0 saturated carbocycles. The number of esters is 1. The first kappa shape index (κ1) is 12.3. The van der Waals surface area contributed by atoms with Crippen molar-refractivity contribution in [2.24, 2.45) is 0 Å². The zero-order valence-electron chi connectivity index (χ0n) is 10.8. The van der Waals surface area contributed by atoms with Gasteiger partial charge >= 0.3 is 5.97 Å². The monoisotopic (exact) mass is 262 g/mol. The van der Waals surface area contributed by atoms with E-state index in [9.17, 15) is 4.79 Å². The van der Waals surface area contributed by atoms with Gasteiger partial charge < -0.3 is 15.0 Å². The molecule has 6 heteroatoms. The van der Waals surface area contributed by atoms with Crippen LogP contribution >= 0.6 is 0 Å². The second-order valence-corrected chi connectivity index (χ2v) is 4.99. The maximum Gasteiger partial charge on any atom is 0.323 e. The van der Waals surface area contributed by atoms with Crippen LogP contribution in [0.3, 0.4) is 0 Å². The van der Waals surface area contributed by atoms with Crippen LogP contribution in [0, 0.1) is 0 Å². The average molecular weight is 262 g/mol. The Bertz CT molecular complexity index is 440. The quantitative estimate of drug-likeness (QED) is 0.790. The first-order valence-corrected chi connectivity index (χ1v) is 6.79. The summed E-state index contributed by atoms with van der Waals surface area (Å²) in [4.78, 5) is 13.7. The van der Waals surface area contributed by atoms with E-state index in [1.54, 1.807) is 6.20 Å². The summed E-state index contributed by atoms with van der Waals surface area (Å²) in [5.41, 5.74) is 0. The Morgan fingerprint density at radius 2 is 2.42 bits per heavy atom. The number of aromatic nitrogens is 2. The minimum absolute atomic E-state index is 0.121. The van der Waals surface area contributed by atoms with Gasteiger partial charge in [0.1, 0.15) is 6.04 Å². The number of anilines is 1. The molecule has 0 amide bonds. The van der Waals surface area contributed by atoms with Crippen molar-refractivity contribution < 1.29 is 9.53 Å². The Morgan fingerprint density at radius 3 is 3.16 bits per heavy atom. The molecule has 6 nitrogen and oxygen atoms in total. The van der Waals surface area contributed by atoms with Gasteiger partial charge in [0, 0.05) is 31.7 Å². The Labute approximate surface area is 112 Å². The number of nitrogens with one attached hydrogen (secondary N) is 1. The van der Waals surface area contributed by atoms with Gasteiger partial charge in [-0.2, -0.15) is 5.10 Å². The van der Waals surface area contributed by atoms with Crippen molar-refractivity contribution in [3.05, 3.63) is 18.3 Å². The third kappa shape index (κ3) is 2.68. The predicted octanol–water partition coefficient (Wildman–Crippen LogP) is 0.350. The number of carbonyl (C=O) groups is 1. The number of rotatable bonds is 4. The van der Waals surface area contributed by atoms with Gasteiger partial charge in [0.15, 0.2) is 5.82 Å². The van der Waals surface area contributed by atoms with Crippen LogP contribution in [-0.2, 0) is 9.53 Å². The lowest BCUT2D eigenvalue weighted by Crippen LogP contribution is -2.43. The largest absolute Gasteiger partial charge is 0.464 e. The smallest absolute Gasteiger partial charge is 0.323 e. The summed E-state index contributed by atoms with van der Waals surface area (Å²) in [5.74, 6) is 0.796. The van der Waals surface area contributed by atoms with Crippen LogP contribution in [0.25, 0.3) is 0 Å². The third-order valence-corrected chi connectivity index (χ3v) is 3.76. The molecule has 102 valence electrons. The molecular weight excluding hydrogens is 244 g/mol. The van der Waals surface area contributed by atoms with Crippen molar-refractivity contribution in [2.45, 2.75) is 31.3 Å². The van der Waals surface area contributed by atoms with Crippen molar-refractivity contribution in [2.75, 3.05) is 24.6 Å². The minimum atomic E-state index is -0.135. The van der Waals surface area contributed by atoms with Crippen LogP contribution in [0.1, 0.15) is 19.3 Å². The molecule has 0 spiro atoms. The van der Waals surface area contributed by atoms with Gasteiger partial charge in [-0.25, -0.2) is 0 Å². The number of nitrogens with zero attached hydrogens (tertiary/aromatic N) is 3. The third-order valence-electron chi connectivity index (χ3n) is 3.76. The summed E-state index contributed by atoms with van der Waals surface area (Å²) < 4.78 is 4.95. The van der Waals surface area contributed by atoms with Crippen LogP contribution in [-0.4, -0.2) is 47.9 Å². The van der Waals surface area contributed by atoms with E-state index < -0.39 is 0 Å². The molecule has 0 radical (unpaired) electrons. The maximum absolute atomic E-state index is 11.4. The standard InChI is InChI=1S/C13H18N4O2/c18-13-11(5-8-19-13)14-9-10-3-2-7-17(10)12-4-1-6-15-16-12/h1,4,6,10-11,14H,2-3,5,7-9H2/t10-,11+/m1/s1. The fourth-order valence-corrected chi connectivity index (χ4v) is 2.76. The van der Waals surface area contributed by atoms with E-state index in [-0.39, 0.29) is 12.0 Å². The second-order valence-electron chi connectivity index (χ2n) is 4.99. The van der Waals surface area contributed by atoms with Gasteiger partial charge in [-0.1, -0.05) is 0 Å². The highest BCUT2D eigenvalue weighted by Gasteiger charge is 2.30. The van der Waals surface area contributed by atoms with E-state index in [0.29, 0.717) is 12.6 Å². The number of ether oxygens (including phenoxy) is 1. The number of hydrogen-bond acceptors (Lipinski definition) is 6. The molecule has 0 unspecified atom stereocenters. The average Bonchev–Trinajstić information content (AvgIpc) is 3.06. The Morgan fingerprint density at radius 1 is 1.47 bits per heavy atom. The summed E-state index contributed by atoms with van der Waals surface area (Å²) in [5, 5.41) is 11.4. The van der Waals surface area contributed by atoms with Crippen molar-refractivity contribution in [1.82, 2.24) is 15.5 Å². The van der Waals surface area contributed by atoms with Gasteiger partial charge in [-0.15, -0.1) is 5.10 Å². The summed E-state index contributed by atoms with van der Waals surface area (Å²) in [6, 6.07) is 4.13. The highest BCUT2D eigenvalue weighted by molar-refractivity contribution is 5.77. The van der Waals surface area contributed by atoms with E-state index in [2.05, 4.69) is 20.4 Å². The van der Waals surface area contributed by atoms with E-state index in [1.165, 1.54) is 0 Å². The highest BCUT2D eigenvalue weighted by atomic mass is 16.5. The molecule has 2 saturated heterocycles. The number of hydrogen-bond donors (Lipinski definition) is 1. The molecule has 1 aromatic rings. The fraction of sp³-hybridized carbons (Fsp3) is 0.615. The zero-order valence-corrected chi connectivity index (χ0v) is 10.8. The van der Waals surface area contributed by atoms with Crippen molar-refractivity contribution in [3.63, 3.8) is 0 Å². The molecule has 1 aromatic heterocycles. The zero-order chi connectivity index (χ0) is 13.1. The molecule has 2 aliphatic rings. The predicted molar refractivity (Wildman–Crippen MR) is 69.8 cm³/mol. The Hall–Kier alpha value is -1.69. The minimum Gasteiger partial charge on any atom is -0.464 e. The van der Waals surface area contributed by atoms with Crippen molar-refractivity contribution >= 4 is 11.8 Å². The summed E-state index contributed by atoms with van der Waals surface area (Å²) in [6.07, 6.45) is 4.72. The molecule has 0 aromatic carbocycles. The van der Waals surface area contributed by atoms with Crippen LogP contribution in [0.5, 0.6) is 0 Å². The molecule has 19 heavy (non-hydrogen) atoms. The summed E-state index contributed by atoms with van der Waals surface area (Å²) >= 11 is 0. The number of cyclic esters (lactones) is 1. The maximum atomic E-state index is 11.4. The molecule has 3 rings (SSSR count). The molecule has 0 aliphatic carbocycles. The Kier molecular flexibility index (Phi) is 3.59. The van der Waals surface area contributed by atoms with Crippen molar-refractivity contribution in [1.29, 1.82) is 0 Å². The van der Waals surface area contributed by atoms with Crippen LogP contribution in [0.15, 0.2) is 18.3 Å². The van der Waals surface area contributed by atoms with Gasteiger partial charge in [0.2, 0.25) is 0 Å². The molecule has 1 N–H and O–H groups in total. The van der Waals surface area contributed by atoms with E-state index in [4.69, 9.17) is 4.74 Å². The fourth-order valence-electron chi connectivity index (χ4n) is 2.76. The van der Waals surface area contributed by atoms with Gasteiger partial charge in [0.25, 0.3) is 0 Å². The lowest BCUT2D eigenvalue weighted by molar-refractivity contribution is -0.139. The van der Waals surface area contributed by atoms with Crippen LogP contribution < -0.4 is 10.2 Å². The molecule has 0 bridgehead atoms. The topological polar surface area (TPSA) is 67.3 Å². The second kappa shape index (κ2) is 5.52. The Balaban J connectivity index is 1.59. The number of carbonyl (C=O) groups excluding carboxylic acids is 1.